The van der Waals surface area contributed by atoms with Crippen LogP contribution in [0.15, 0.2) is 42.5 Å². The van der Waals surface area contributed by atoms with Gasteiger partial charge in [-0.25, -0.2) is 0 Å². The Morgan fingerprint density at radius 3 is 2.84 bits per heavy atom. The highest BCUT2D eigenvalue weighted by Gasteiger charge is 2.29. The first-order valence-electron chi connectivity index (χ1n) is 6.79. The first kappa shape index (κ1) is 13.8. The normalized spacial score (nSPS) is 19.6. The van der Waals surface area contributed by atoms with E-state index in [2.05, 4.69) is 23.6 Å². The molecular weight excluding hydrogens is 238 g/mol. The van der Waals surface area contributed by atoms with Crippen LogP contribution in [0, 0.1) is 0 Å². The second kappa shape index (κ2) is 6.53. The van der Waals surface area contributed by atoms with Crippen molar-refractivity contribution in [2.75, 3.05) is 13.2 Å². The number of hydrogen-bond donors (Lipinski definition) is 0. The Hall–Kier alpha value is -1.61. The van der Waals surface area contributed by atoms with Gasteiger partial charge in [0.1, 0.15) is 0 Å². The number of rotatable bonds is 5. The van der Waals surface area contributed by atoms with Crippen molar-refractivity contribution >= 4 is 5.97 Å². The number of nitrogens with zero attached hydrogens (tertiary/aromatic N) is 1. The number of hydrogen-bond acceptors (Lipinski definition) is 3. The minimum absolute atomic E-state index is 0.111. The first-order chi connectivity index (χ1) is 9.19. The Morgan fingerprint density at radius 1 is 1.42 bits per heavy atom. The molecule has 1 fully saturated rings. The van der Waals surface area contributed by atoms with E-state index in [4.69, 9.17) is 4.74 Å². The second-order valence-corrected chi connectivity index (χ2v) is 5.01. The summed E-state index contributed by atoms with van der Waals surface area (Å²) >= 11 is 0. The molecule has 0 saturated carbocycles. The summed E-state index contributed by atoms with van der Waals surface area (Å²) in [6.07, 6.45) is 1.35. The molecule has 1 aliphatic heterocycles. The smallest absolute Gasteiger partial charge is 0.307 e. The van der Waals surface area contributed by atoms with Crippen LogP contribution in [0.1, 0.15) is 25.3 Å². The van der Waals surface area contributed by atoms with Crippen molar-refractivity contribution in [1.29, 1.82) is 0 Å². The molecule has 0 radical (unpaired) electrons. The van der Waals surface area contributed by atoms with Crippen LogP contribution in [0.4, 0.5) is 0 Å². The van der Waals surface area contributed by atoms with Gasteiger partial charge in [-0.1, -0.05) is 42.5 Å². The average Bonchev–Trinajstić information content (AvgIpc) is 2.71. The lowest BCUT2D eigenvalue weighted by molar-refractivity contribution is -0.144. The topological polar surface area (TPSA) is 29.5 Å². The van der Waals surface area contributed by atoms with Crippen molar-refractivity contribution < 1.29 is 9.53 Å². The third-order valence-electron chi connectivity index (χ3n) is 3.40. The molecule has 1 aromatic carbocycles. The second-order valence-electron chi connectivity index (χ2n) is 5.01. The van der Waals surface area contributed by atoms with Crippen molar-refractivity contribution in [3.63, 3.8) is 0 Å². The highest BCUT2D eigenvalue weighted by atomic mass is 16.5. The standard InChI is InChI=1S/C16H21NO2/c1-3-19-16(18)10-15-9-13(2)11-17(15)12-14-7-5-4-6-8-14/h4-8,15H,2-3,9-12H2,1H3. The zero-order valence-corrected chi connectivity index (χ0v) is 11.5. The summed E-state index contributed by atoms with van der Waals surface area (Å²) in [7, 11) is 0. The Bertz CT molecular complexity index is 441. The molecule has 0 N–H and O–H groups in total. The van der Waals surface area contributed by atoms with Gasteiger partial charge in [-0.2, -0.15) is 0 Å². The van der Waals surface area contributed by atoms with Gasteiger partial charge in [0.05, 0.1) is 13.0 Å². The van der Waals surface area contributed by atoms with E-state index in [0.717, 1.165) is 19.5 Å². The number of likely N-dealkylation sites (tertiary alicyclic amines) is 1. The van der Waals surface area contributed by atoms with Crippen LogP contribution < -0.4 is 0 Å². The van der Waals surface area contributed by atoms with Gasteiger partial charge in [-0.3, -0.25) is 9.69 Å². The highest BCUT2D eigenvalue weighted by Crippen LogP contribution is 2.25. The van der Waals surface area contributed by atoms with Crippen molar-refractivity contribution in [1.82, 2.24) is 4.90 Å². The molecule has 0 amide bonds. The van der Waals surface area contributed by atoms with Crippen molar-refractivity contribution in [2.24, 2.45) is 0 Å². The van der Waals surface area contributed by atoms with E-state index in [1.807, 2.05) is 25.1 Å². The number of esters is 1. The summed E-state index contributed by atoms with van der Waals surface area (Å²) in [5.41, 5.74) is 2.47. The van der Waals surface area contributed by atoms with Gasteiger partial charge in [-0.05, 0) is 18.9 Å². The fraction of sp³-hybridized carbons (Fsp3) is 0.438. The minimum atomic E-state index is -0.111. The maximum absolute atomic E-state index is 11.6. The highest BCUT2D eigenvalue weighted by molar-refractivity contribution is 5.70. The van der Waals surface area contributed by atoms with Gasteiger partial charge in [0, 0.05) is 19.1 Å². The van der Waals surface area contributed by atoms with E-state index in [-0.39, 0.29) is 12.0 Å². The Labute approximate surface area is 114 Å². The van der Waals surface area contributed by atoms with Gasteiger partial charge in [0.15, 0.2) is 0 Å². The fourth-order valence-corrected chi connectivity index (χ4v) is 2.56. The summed E-state index contributed by atoms with van der Waals surface area (Å²) < 4.78 is 5.04. The quantitative estimate of drug-likeness (QED) is 0.601. The van der Waals surface area contributed by atoms with Crippen LogP contribution in [-0.4, -0.2) is 30.1 Å². The molecule has 1 aliphatic rings. The Morgan fingerprint density at radius 2 is 2.16 bits per heavy atom. The molecular formula is C16H21NO2. The fourth-order valence-electron chi connectivity index (χ4n) is 2.56. The van der Waals surface area contributed by atoms with Crippen LogP contribution in [-0.2, 0) is 16.1 Å². The predicted octanol–water partition coefficient (Wildman–Crippen LogP) is 2.77. The molecule has 0 bridgehead atoms. The van der Waals surface area contributed by atoms with E-state index in [0.29, 0.717) is 13.0 Å². The third kappa shape index (κ3) is 3.93. The lowest BCUT2D eigenvalue weighted by Crippen LogP contribution is -2.31. The van der Waals surface area contributed by atoms with Gasteiger partial charge in [0.2, 0.25) is 0 Å². The SMILES string of the molecule is C=C1CC(CC(=O)OCC)N(Cc2ccccc2)C1. The lowest BCUT2D eigenvalue weighted by Gasteiger charge is -2.23. The van der Waals surface area contributed by atoms with E-state index in [9.17, 15) is 4.79 Å². The lowest BCUT2D eigenvalue weighted by atomic mass is 10.1. The molecule has 3 heteroatoms. The number of carbonyl (C=O) groups excluding carboxylic acids is 1. The molecule has 2 rings (SSSR count). The Kier molecular flexibility index (Phi) is 4.74. The molecule has 1 atom stereocenters. The third-order valence-corrected chi connectivity index (χ3v) is 3.40. The molecule has 0 aromatic heterocycles. The van der Waals surface area contributed by atoms with Crippen LogP contribution in [0.2, 0.25) is 0 Å². The molecule has 1 heterocycles. The van der Waals surface area contributed by atoms with Crippen LogP contribution in [0.5, 0.6) is 0 Å². The van der Waals surface area contributed by atoms with Gasteiger partial charge < -0.3 is 4.74 Å². The number of ether oxygens (including phenoxy) is 1. The average molecular weight is 259 g/mol. The molecule has 3 nitrogen and oxygen atoms in total. The van der Waals surface area contributed by atoms with E-state index >= 15 is 0 Å². The molecule has 19 heavy (non-hydrogen) atoms. The van der Waals surface area contributed by atoms with E-state index in [1.165, 1.54) is 11.1 Å². The first-order valence-corrected chi connectivity index (χ1v) is 6.79. The van der Waals surface area contributed by atoms with Crippen LogP contribution >= 0.6 is 0 Å². The molecule has 1 aromatic rings. The Balaban J connectivity index is 1.97. The maximum atomic E-state index is 11.6. The van der Waals surface area contributed by atoms with E-state index < -0.39 is 0 Å². The summed E-state index contributed by atoms with van der Waals surface area (Å²) in [6, 6.07) is 10.6. The predicted molar refractivity (Wildman–Crippen MR) is 75.6 cm³/mol. The van der Waals surface area contributed by atoms with Gasteiger partial charge in [-0.15, -0.1) is 0 Å². The van der Waals surface area contributed by atoms with Crippen molar-refractivity contribution in [3.05, 3.63) is 48.0 Å². The monoisotopic (exact) mass is 259 g/mol. The van der Waals surface area contributed by atoms with Crippen LogP contribution in [0.3, 0.4) is 0 Å². The minimum Gasteiger partial charge on any atom is -0.466 e. The summed E-state index contributed by atoms with van der Waals surface area (Å²) in [5, 5.41) is 0. The molecule has 1 unspecified atom stereocenters. The molecule has 0 spiro atoms. The van der Waals surface area contributed by atoms with Crippen molar-refractivity contribution in [3.8, 4) is 0 Å². The zero-order valence-electron chi connectivity index (χ0n) is 11.5. The summed E-state index contributed by atoms with van der Waals surface area (Å²) in [5.74, 6) is -0.111. The largest absolute Gasteiger partial charge is 0.466 e. The van der Waals surface area contributed by atoms with Crippen LogP contribution in [0.25, 0.3) is 0 Å². The van der Waals surface area contributed by atoms with Gasteiger partial charge >= 0.3 is 5.97 Å². The molecule has 0 aliphatic carbocycles. The maximum Gasteiger partial charge on any atom is 0.307 e. The number of carbonyl (C=O) groups is 1. The number of benzene rings is 1. The van der Waals surface area contributed by atoms with E-state index in [1.54, 1.807) is 0 Å². The molecule has 1 saturated heterocycles. The summed E-state index contributed by atoms with van der Waals surface area (Å²) in [6.45, 7) is 8.08. The molecule has 102 valence electrons. The van der Waals surface area contributed by atoms with Crippen molar-refractivity contribution in [2.45, 2.75) is 32.4 Å². The summed E-state index contributed by atoms with van der Waals surface area (Å²) in [4.78, 5) is 13.9. The van der Waals surface area contributed by atoms with Gasteiger partial charge in [0.25, 0.3) is 0 Å². The zero-order chi connectivity index (χ0) is 13.7.